The maximum Gasteiger partial charge on any atom is 0.0745 e. The molecule has 0 amide bonds. The first-order valence-corrected chi connectivity index (χ1v) is 7.52. The van der Waals surface area contributed by atoms with Crippen LogP contribution in [0.15, 0.2) is 0 Å². The Bertz CT molecular complexity index is 121. The second-order valence-electron chi connectivity index (χ2n) is 4.60. The first-order valence-electron chi connectivity index (χ1n) is 7.52. The number of unbranched alkanes of at least 4 members (excludes halogenated alkanes) is 3. The summed E-state index contributed by atoms with van der Waals surface area (Å²) in [6.45, 7) is 11.4. The Morgan fingerprint density at radius 2 is 1.17 bits per heavy atom. The molecule has 3 nitrogen and oxygen atoms in total. The van der Waals surface area contributed by atoms with Crippen molar-refractivity contribution in [3.8, 4) is 0 Å². The van der Waals surface area contributed by atoms with E-state index in [1.54, 1.807) is 6.92 Å². The fraction of sp³-hybridized carbons (Fsp3) is 1.00. The lowest BCUT2D eigenvalue weighted by atomic mass is 10.3. The molecule has 1 atom stereocenters. The Morgan fingerprint density at radius 1 is 0.778 bits per heavy atom. The van der Waals surface area contributed by atoms with Crippen LogP contribution in [0.5, 0.6) is 0 Å². The highest BCUT2D eigenvalue weighted by molar-refractivity contribution is 4.41. The Labute approximate surface area is 114 Å². The van der Waals surface area contributed by atoms with Gasteiger partial charge in [0.05, 0.1) is 12.7 Å². The summed E-state index contributed by atoms with van der Waals surface area (Å²) in [5.41, 5.74) is 0. The molecule has 0 fully saturated rings. The number of aliphatic hydroxyl groups excluding tert-OH is 1. The molecule has 0 aromatic heterocycles. The quantitative estimate of drug-likeness (QED) is 0.576. The minimum Gasteiger partial charge on any atom is -0.391 e. The molecule has 1 N–H and O–H groups in total. The van der Waals surface area contributed by atoms with E-state index in [1.165, 1.54) is 25.7 Å². The monoisotopic (exact) mass is 262 g/mol. The molecule has 0 bridgehead atoms. The molecule has 0 rings (SSSR count). The molecule has 0 heterocycles. The van der Waals surface area contributed by atoms with E-state index >= 15 is 0 Å². The summed E-state index contributed by atoms with van der Waals surface area (Å²) in [6.07, 6.45) is 6.83. The van der Waals surface area contributed by atoms with Gasteiger partial charge >= 0.3 is 0 Å². The van der Waals surface area contributed by atoms with Gasteiger partial charge in [-0.15, -0.1) is 0 Å². The van der Waals surface area contributed by atoms with E-state index in [-0.39, 0.29) is 6.10 Å². The van der Waals surface area contributed by atoms with E-state index in [0.717, 1.165) is 32.7 Å². The lowest BCUT2D eigenvalue weighted by Gasteiger charge is -2.03. The van der Waals surface area contributed by atoms with Crippen LogP contribution in [0.25, 0.3) is 0 Å². The van der Waals surface area contributed by atoms with Gasteiger partial charge in [0.15, 0.2) is 0 Å². The van der Waals surface area contributed by atoms with Crippen molar-refractivity contribution >= 4 is 0 Å². The summed E-state index contributed by atoms with van der Waals surface area (Å²) in [6, 6.07) is 0. The lowest BCUT2D eigenvalue weighted by Crippen LogP contribution is -2.10. The molecule has 0 radical (unpaired) electrons. The van der Waals surface area contributed by atoms with Crippen LogP contribution in [0.3, 0.4) is 0 Å². The van der Waals surface area contributed by atoms with Crippen molar-refractivity contribution in [2.75, 3.05) is 26.4 Å². The van der Waals surface area contributed by atoms with Crippen LogP contribution in [-0.2, 0) is 9.47 Å². The lowest BCUT2D eigenvalue weighted by molar-refractivity contribution is 0.0450. The molecule has 112 valence electrons. The normalized spacial score (nSPS) is 11.8. The molecular formula is C15H34O3. The Kier molecular flexibility index (Phi) is 21.6. The number of ether oxygens (including phenoxy) is 2. The molecule has 18 heavy (non-hydrogen) atoms. The van der Waals surface area contributed by atoms with Gasteiger partial charge < -0.3 is 14.6 Å². The number of aliphatic hydroxyl groups is 1. The molecule has 0 aliphatic carbocycles. The van der Waals surface area contributed by atoms with E-state index in [9.17, 15) is 0 Å². The predicted octanol–water partition coefficient (Wildman–Crippen LogP) is 3.79. The third-order valence-electron chi connectivity index (χ3n) is 2.29. The van der Waals surface area contributed by atoms with Gasteiger partial charge in [0, 0.05) is 19.8 Å². The fourth-order valence-electron chi connectivity index (χ4n) is 1.10. The molecular weight excluding hydrogens is 228 g/mol. The minimum absolute atomic E-state index is 0.318. The van der Waals surface area contributed by atoms with Crippen molar-refractivity contribution in [3.63, 3.8) is 0 Å². The summed E-state index contributed by atoms with van der Waals surface area (Å²) >= 11 is 0. The van der Waals surface area contributed by atoms with Gasteiger partial charge in [-0.1, -0.05) is 40.0 Å². The highest BCUT2D eigenvalue weighted by Crippen LogP contribution is 1.91. The van der Waals surface area contributed by atoms with E-state index in [0.29, 0.717) is 6.61 Å². The average Bonchev–Trinajstić information content (AvgIpc) is 2.35. The number of hydrogen-bond donors (Lipinski definition) is 1. The second kappa shape index (κ2) is 19.2. The Morgan fingerprint density at radius 3 is 1.50 bits per heavy atom. The van der Waals surface area contributed by atoms with Gasteiger partial charge in [0.1, 0.15) is 0 Å². The van der Waals surface area contributed by atoms with Gasteiger partial charge in [-0.3, -0.25) is 0 Å². The van der Waals surface area contributed by atoms with Crippen LogP contribution in [0.4, 0.5) is 0 Å². The minimum atomic E-state index is -0.318. The van der Waals surface area contributed by atoms with Gasteiger partial charge in [-0.05, 0) is 26.2 Å². The summed E-state index contributed by atoms with van der Waals surface area (Å²) in [5.74, 6) is 0. The molecule has 0 aliphatic rings. The van der Waals surface area contributed by atoms with Crippen molar-refractivity contribution in [2.45, 2.75) is 72.3 Å². The standard InChI is InChI=1S/C8H18O.C7H16O2/c1-3-5-7-9-8-6-4-2;1-3-4-5-9-6-7(2)8/h3-8H2,1-2H3;7-8H,3-6H2,1-2H3. The highest BCUT2D eigenvalue weighted by atomic mass is 16.5. The molecule has 0 saturated carbocycles. The van der Waals surface area contributed by atoms with Gasteiger partial charge in [-0.2, -0.15) is 0 Å². The average molecular weight is 262 g/mol. The maximum atomic E-state index is 8.73. The smallest absolute Gasteiger partial charge is 0.0745 e. The van der Waals surface area contributed by atoms with Gasteiger partial charge in [0.2, 0.25) is 0 Å². The summed E-state index contributed by atoms with van der Waals surface area (Å²) in [4.78, 5) is 0. The maximum absolute atomic E-state index is 8.73. The molecule has 1 unspecified atom stereocenters. The third kappa shape index (κ3) is 24.9. The van der Waals surface area contributed by atoms with Crippen molar-refractivity contribution in [1.82, 2.24) is 0 Å². The van der Waals surface area contributed by atoms with Crippen LogP contribution in [0.1, 0.15) is 66.2 Å². The van der Waals surface area contributed by atoms with Crippen molar-refractivity contribution in [2.24, 2.45) is 0 Å². The second-order valence-corrected chi connectivity index (χ2v) is 4.60. The fourth-order valence-corrected chi connectivity index (χ4v) is 1.10. The zero-order valence-electron chi connectivity index (χ0n) is 12.9. The molecule has 0 aromatic rings. The molecule has 0 aromatic carbocycles. The van der Waals surface area contributed by atoms with E-state index < -0.39 is 0 Å². The SMILES string of the molecule is CCCCOCC(C)O.CCCCOCCCC. The molecule has 0 aliphatic heterocycles. The zero-order valence-corrected chi connectivity index (χ0v) is 12.9. The van der Waals surface area contributed by atoms with Crippen molar-refractivity contribution in [3.05, 3.63) is 0 Å². The summed E-state index contributed by atoms with van der Waals surface area (Å²) in [7, 11) is 0. The highest BCUT2D eigenvalue weighted by Gasteiger charge is 1.92. The van der Waals surface area contributed by atoms with E-state index in [4.69, 9.17) is 14.6 Å². The van der Waals surface area contributed by atoms with Crippen LogP contribution in [0, 0.1) is 0 Å². The number of rotatable bonds is 11. The van der Waals surface area contributed by atoms with Crippen LogP contribution < -0.4 is 0 Å². The summed E-state index contributed by atoms with van der Waals surface area (Å²) in [5, 5.41) is 8.73. The Balaban J connectivity index is 0. The Hall–Kier alpha value is -0.120. The predicted molar refractivity (Wildman–Crippen MR) is 78.0 cm³/mol. The first-order chi connectivity index (χ1) is 8.68. The topological polar surface area (TPSA) is 38.7 Å². The van der Waals surface area contributed by atoms with E-state index in [1.807, 2.05) is 0 Å². The van der Waals surface area contributed by atoms with Crippen molar-refractivity contribution in [1.29, 1.82) is 0 Å². The third-order valence-corrected chi connectivity index (χ3v) is 2.29. The molecule has 0 spiro atoms. The van der Waals surface area contributed by atoms with Crippen LogP contribution >= 0.6 is 0 Å². The van der Waals surface area contributed by atoms with Gasteiger partial charge in [-0.25, -0.2) is 0 Å². The zero-order chi connectivity index (χ0) is 14.1. The van der Waals surface area contributed by atoms with E-state index in [2.05, 4.69) is 20.8 Å². The largest absolute Gasteiger partial charge is 0.391 e. The van der Waals surface area contributed by atoms with Crippen molar-refractivity contribution < 1.29 is 14.6 Å². The number of hydrogen-bond acceptors (Lipinski definition) is 3. The molecule has 0 saturated heterocycles. The summed E-state index contributed by atoms with van der Waals surface area (Å²) < 4.78 is 10.4. The first kappa shape index (κ1) is 20.2. The van der Waals surface area contributed by atoms with Crippen LogP contribution in [0.2, 0.25) is 0 Å². The molecule has 3 heteroatoms. The van der Waals surface area contributed by atoms with Gasteiger partial charge in [0.25, 0.3) is 0 Å². The van der Waals surface area contributed by atoms with Crippen LogP contribution in [-0.4, -0.2) is 37.6 Å².